The molecule has 0 fully saturated rings. The normalized spacial score (nSPS) is 22.9. The number of hydrogen-bond acceptors (Lipinski definition) is 2. The zero-order chi connectivity index (χ0) is 6.15. The summed E-state index contributed by atoms with van der Waals surface area (Å²) in [4.78, 5) is 0. The van der Waals surface area contributed by atoms with Crippen LogP contribution < -0.4 is 0 Å². The average molecular weight is 215 g/mol. The molecule has 1 aliphatic heterocycles. The van der Waals surface area contributed by atoms with Crippen molar-refractivity contribution >= 4 is 39.5 Å². The van der Waals surface area contributed by atoms with Crippen molar-refractivity contribution in [2.75, 3.05) is 13.6 Å². The third-order valence-corrected chi connectivity index (χ3v) is 3.23. The number of nitrogens with zero attached hydrogens (tertiary/aromatic N) is 1. The molecular weight excluding hydrogens is 209 g/mol. The molecule has 0 aromatic carbocycles. The van der Waals surface area contributed by atoms with E-state index in [1.165, 1.54) is 0 Å². The highest BCUT2D eigenvalue weighted by Crippen LogP contribution is 2.36. The third kappa shape index (κ3) is 1.41. The van der Waals surface area contributed by atoms with Gasteiger partial charge in [-0.2, -0.15) is 0 Å². The Morgan fingerprint density at radius 2 is 2.50 bits per heavy atom. The molecular formula is C4H5BrClNS. The average Bonchev–Trinajstić information content (AvgIpc) is 1.85. The Bertz CT molecular complexity index is 122. The van der Waals surface area contributed by atoms with Crippen LogP contribution in [0.2, 0.25) is 0 Å². The van der Waals surface area contributed by atoms with Crippen molar-refractivity contribution in [3.63, 3.8) is 0 Å². The molecule has 0 N–H and O–H groups in total. The molecule has 0 aromatic heterocycles. The molecule has 0 bridgehead atoms. The summed E-state index contributed by atoms with van der Waals surface area (Å²) < 4.78 is 4.01. The predicted molar refractivity (Wildman–Crippen MR) is 42.0 cm³/mol. The third-order valence-electron chi connectivity index (χ3n) is 0.811. The van der Waals surface area contributed by atoms with Crippen molar-refractivity contribution in [1.82, 2.24) is 4.31 Å². The summed E-state index contributed by atoms with van der Waals surface area (Å²) in [5.41, 5.74) is 0. The molecule has 4 heteroatoms. The molecule has 1 nitrogen and oxygen atoms in total. The van der Waals surface area contributed by atoms with E-state index in [0.29, 0.717) is 0 Å². The lowest BCUT2D eigenvalue weighted by atomic mass is 10.6. The van der Waals surface area contributed by atoms with Gasteiger partial charge in [-0.25, -0.2) is 4.31 Å². The SMILES string of the molecule is CN1CC(Br)=C(Cl)S1. The van der Waals surface area contributed by atoms with Crippen LogP contribution in [0.3, 0.4) is 0 Å². The van der Waals surface area contributed by atoms with Gasteiger partial charge in [-0.3, -0.25) is 0 Å². The number of likely N-dealkylation sites (N-methyl/N-ethyl adjacent to an activating group) is 1. The van der Waals surface area contributed by atoms with Crippen LogP contribution in [0.5, 0.6) is 0 Å². The zero-order valence-corrected chi connectivity index (χ0v) is 7.48. The van der Waals surface area contributed by atoms with E-state index in [0.717, 1.165) is 15.4 Å². The zero-order valence-electron chi connectivity index (χ0n) is 4.32. The summed E-state index contributed by atoms with van der Waals surface area (Å²) in [6.45, 7) is 0.920. The highest BCUT2D eigenvalue weighted by Gasteiger charge is 2.15. The Labute approximate surface area is 66.3 Å². The maximum Gasteiger partial charge on any atom is 0.100 e. The Balaban J connectivity index is 2.60. The predicted octanol–water partition coefficient (Wildman–Crippen LogP) is 2.38. The molecule has 0 unspecified atom stereocenters. The first-order valence-corrected chi connectivity index (χ1v) is 4.08. The van der Waals surface area contributed by atoms with Gasteiger partial charge in [0.1, 0.15) is 4.36 Å². The van der Waals surface area contributed by atoms with E-state index in [1.807, 2.05) is 7.05 Å². The second-order valence-corrected chi connectivity index (χ2v) is 4.33. The quantitative estimate of drug-likeness (QED) is 0.570. The number of hydrogen-bond donors (Lipinski definition) is 0. The first-order valence-electron chi connectivity index (χ1n) is 2.13. The Kier molecular flexibility index (Phi) is 2.26. The van der Waals surface area contributed by atoms with Gasteiger partial charge >= 0.3 is 0 Å². The van der Waals surface area contributed by atoms with Gasteiger partial charge in [-0.1, -0.05) is 27.5 Å². The van der Waals surface area contributed by atoms with Crippen molar-refractivity contribution in [2.45, 2.75) is 0 Å². The highest BCUT2D eigenvalue weighted by atomic mass is 79.9. The standard InChI is InChI=1S/C4H5BrClNS/c1-7-2-3(5)4(6)8-7/h2H2,1H3. The van der Waals surface area contributed by atoms with Crippen molar-refractivity contribution in [1.29, 1.82) is 0 Å². The molecule has 1 heterocycles. The van der Waals surface area contributed by atoms with Crippen LogP contribution in [0, 0.1) is 0 Å². The second kappa shape index (κ2) is 2.60. The summed E-state index contributed by atoms with van der Waals surface area (Å²) in [6, 6.07) is 0. The van der Waals surface area contributed by atoms with Gasteiger partial charge in [0.25, 0.3) is 0 Å². The monoisotopic (exact) mass is 213 g/mol. The van der Waals surface area contributed by atoms with Crippen LogP contribution in [-0.2, 0) is 0 Å². The summed E-state index contributed by atoms with van der Waals surface area (Å²) >= 11 is 10.6. The first-order chi connectivity index (χ1) is 3.70. The molecule has 0 aliphatic carbocycles. The number of halogens is 2. The molecule has 46 valence electrons. The molecule has 0 spiro atoms. The van der Waals surface area contributed by atoms with Gasteiger partial charge in [0.05, 0.1) is 0 Å². The smallest absolute Gasteiger partial charge is 0.100 e. The summed E-state index contributed by atoms with van der Waals surface area (Å²) in [5.74, 6) is 0. The largest absolute Gasteiger partial charge is 0.244 e. The molecule has 1 aliphatic rings. The molecule has 8 heavy (non-hydrogen) atoms. The number of rotatable bonds is 0. The minimum absolute atomic E-state index is 0.854. The van der Waals surface area contributed by atoms with E-state index in [9.17, 15) is 0 Å². The van der Waals surface area contributed by atoms with E-state index in [4.69, 9.17) is 11.6 Å². The van der Waals surface area contributed by atoms with Gasteiger partial charge in [0.15, 0.2) is 0 Å². The minimum atomic E-state index is 0.854. The van der Waals surface area contributed by atoms with Gasteiger partial charge in [0, 0.05) is 11.0 Å². The lowest BCUT2D eigenvalue weighted by Gasteiger charge is -2.01. The van der Waals surface area contributed by atoms with Gasteiger partial charge in [0.2, 0.25) is 0 Å². The van der Waals surface area contributed by atoms with E-state index in [1.54, 1.807) is 11.9 Å². The van der Waals surface area contributed by atoms with Crippen molar-refractivity contribution in [3.8, 4) is 0 Å². The Morgan fingerprint density at radius 3 is 2.62 bits per heavy atom. The fourth-order valence-electron chi connectivity index (χ4n) is 0.476. The fraction of sp³-hybridized carbons (Fsp3) is 0.500. The Hall–Kier alpha value is 0.820. The van der Waals surface area contributed by atoms with E-state index >= 15 is 0 Å². The molecule has 0 saturated heterocycles. The maximum absolute atomic E-state index is 5.71. The summed E-state index contributed by atoms with van der Waals surface area (Å²) in [5, 5.41) is 0. The molecule has 0 aromatic rings. The highest BCUT2D eigenvalue weighted by molar-refractivity contribution is 9.11. The molecule has 1 rings (SSSR count). The van der Waals surface area contributed by atoms with Crippen LogP contribution in [0.4, 0.5) is 0 Å². The van der Waals surface area contributed by atoms with Gasteiger partial charge in [-0.15, -0.1) is 0 Å². The lowest BCUT2D eigenvalue weighted by molar-refractivity contribution is 0.647. The molecule has 0 saturated carbocycles. The van der Waals surface area contributed by atoms with Crippen molar-refractivity contribution in [3.05, 3.63) is 8.85 Å². The van der Waals surface area contributed by atoms with Crippen LogP contribution in [0.25, 0.3) is 0 Å². The molecule has 0 amide bonds. The first kappa shape index (κ1) is 6.93. The second-order valence-electron chi connectivity index (χ2n) is 1.56. The topological polar surface area (TPSA) is 3.24 Å². The summed E-state index contributed by atoms with van der Waals surface area (Å²) in [6.07, 6.45) is 0. The van der Waals surface area contributed by atoms with Crippen LogP contribution in [0.1, 0.15) is 0 Å². The minimum Gasteiger partial charge on any atom is -0.244 e. The van der Waals surface area contributed by atoms with Crippen molar-refractivity contribution < 1.29 is 0 Å². The maximum atomic E-state index is 5.71. The van der Waals surface area contributed by atoms with E-state index in [-0.39, 0.29) is 0 Å². The van der Waals surface area contributed by atoms with Crippen LogP contribution in [-0.4, -0.2) is 17.9 Å². The van der Waals surface area contributed by atoms with Gasteiger partial charge in [-0.05, 0) is 19.0 Å². The Morgan fingerprint density at radius 1 is 1.88 bits per heavy atom. The van der Waals surface area contributed by atoms with E-state index in [2.05, 4.69) is 20.2 Å². The van der Waals surface area contributed by atoms with Gasteiger partial charge < -0.3 is 0 Å². The molecule has 0 atom stereocenters. The van der Waals surface area contributed by atoms with Crippen LogP contribution >= 0.6 is 39.5 Å². The molecule has 0 radical (unpaired) electrons. The van der Waals surface area contributed by atoms with E-state index < -0.39 is 0 Å². The van der Waals surface area contributed by atoms with Crippen molar-refractivity contribution in [2.24, 2.45) is 0 Å². The summed E-state index contributed by atoms with van der Waals surface area (Å²) in [7, 11) is 2.00. The van der Waals surface area contributed by atoms with Crippen LogP contribution in [0.15, 0.2) is 8.85 Å². The fourth-order valence-corrected chi connectivity index (χ4v) is 2.28. The lowest BCUT2D eigenvalue weighted by Crippen LogP contribution is -2.03.